The van der Waals surface area contributed by atoms with Gasteiger partial charge in [0, 0.05) is 24.7 Å². The van der Waals surface area contributed by atoms with E-state index in [0.717, 1.165) is 38.6 Å². The van der Waals surface area contributed by atoms with Crippen molar-refractivity contribution in [3.63, 3.8) is 0 Å². The Morgan fingerprint density at radius 2 is 2.41 bits per heavy atom. The van der Waals surface area contributed by atoms with Crippen LogP contribution in [0.3, 0.4) is 0 Å². The number of amides is 2. The number of hydrogen-bond acceptors (Lipinski definition) is 3. The topological polar surface area (TPSA) is 61.0 Å². The van der Waals surface area contributed by atoms with Gasteiger partial charge in [-0.3, -0.25) is 5.10 Å². The highest BCUT2D eigenvalue weighted by Gasteiger charge is 2.32. The van der Waals surface area contributed by atoms with Crippen LogP contribution in [0.25, 0.3) is 0 Å². The number of hydrogen-bond donors (Lipinski definition) is 2. The minimum atomic E-state index is 0.0849. The molecular formula is C16H20N4OS. The molecule has 2 aromatic rings. The van der Waals surface area contributed by atoms with E-state index in [-0.39, 0.29) is 18.1 Å². The fraction of sp³-hybridized carbons (Fsp3) is 0.500. The first-order valence-corrected chi connectivity index (χ1v) is 8.86. The molecule has 22 heavy (non-hydrogen) atoms. The SMILES string of the molecule is O=C(NC1CCc2cn[nH]c2C1)N1CCCC1c1ccsc1. The summed E-state index contributed by atoms with van der Waals surface area (Å²) in [5.41, 5.74) is 3.74. The Bertz CT molecular complexity index is 651. The fourth-order valence-corrected chi connectivity index (χ4v) is 4.32. The first kappa shape index (κ1) is 13.8. The molecule has 2 atom stereocenters. The van der Waals surface area contributed by atoms with Crippen LogP contribution >= 0.6 is 11.3 Å². The first-order valence-electron chi connectivity index (χ1n) is 7.91. The van der Waals surface area contributed by atoms with E-state index in [1.54, 1.807) is 11.3 Å². The van der Waals surface area contributed by atoms with Gasteiger partial charge in [-0.05, 0) is 53.6 Å². The van der Waals surface area contributed by atoms with E-state index >= 15 is 0 Å². The molecule has 2 aliphatic rings. The van der Waals surface area contributed by atoms with Crippen molar-refractivity contribution in [1.29, 1.82) is 0 Å². The summed E-state index contributed by atoms with van der Waals surface area (Å²) in [6.45, 7) is 0.856. The molecule has 0 spiro atoms. The van der Waals surface area contributed by atoms with Gasteiger partial charge in [0.25, 0.3) is 0 Å². The number of aryl methyl sites for hydroxylation is 1. The number of carbonyl (C=O) groups is 1. The number of aromatic nitrogens is 2. The number of likely N-dealkylation sites (tertiary alicyclic amines) is 1. The highest BCUT2D eigenvalue weighted by molar-refractivity contribution is 7.07. The first-order chi connectivity index (χ1) is 10.8. The Balaban J connectivity index is 1.42. The van der Waals surface area contributed by atoms with Gasteiger partial charge in [0.05, 0.1) is 12.2 Å². The van der Waals surface area contributed by atoms with Gasteiger partial charge < -0.3 is 10.2 Å². The van der Waals surface area contributed by atoms with Crippen LogP contribution in [0.15, 0.2) is 23.0 Å². The number of nitrogens with zero attached hydrogens (tertiary/aromatic N) is 2. The van der Waals surface area contributed by atoms with Crippen LogP contribution in [0.5, 0.6) is 0 Å². The Hall–Kier alpha value is -1.82. The van der Waals surface area contributed by atoms with Gasteiger partial charge in [0.2, 0.25) is 0 Å². The van der Waals surface area contributed by atoms with Crippen molar-refractivity contribution >= 4 is 17.4 Å². The van der Waals surface area contributed by atoms with Crippen molar-refractivity contribution in [2.45, 2.75) is 44.2 Å². The molecule has 116 valence electrons. The van der Waals surface area contributed by atoms with Crippen LogP contribution in [0.2, 0.25) is 0 Å². The van der Waals surface area contributed by atoms with Crippen LogP contribution in [0, 0.1) is 0 Å². The van der Waals surface area contributed by atoms with Crippen molar-refractivity contribution in [2.75, 3.05) is 6.54 Å². The maximum absolute atomic E-state index is 12.7. The monoisotopic (exact) mass is 316 g/mol. The van der Waals surface area contributed by atoms with Gasteiger partial charge in [-0.1, -0.05) is 0 Å². The quantitative estimate of drug-likeness (QED) is 0.895. The van der Waals surface area contributed by atoms with E-state index in [4.69, 9.17) is 0 Å². The second-order valence-corrected chi connectivity index (χ2v) is 6.95. The molecule has 5 nitrogen and oxygen atoms in total. The number of H-pyrrole nitrogens is 1. The molecule has 3 heterocycles. The predicted octanol–water partition coefficient (Wildman–Crippen LogP) is 2.88. The molecule has 1 aliphatic heterocycles. The second kappa shape index (κ2) is 5.76. The predicted molar refractivity (Wildman–Crippen MR) is 85.9 cm³/mol. The lowest BCUT2D eigenvalue weighted by Gasteiger charge is -2.29. The van der Waals surface area contributed by atoms with Gasteiger partial charge in [-0.15, -0.1) is 0 Å². The maximum atomic E-state index is 12.7. The van der Waals surface area contributed by atoms with E-state index < -0.39 is 0 Å². The van der Waals surface area contributed by atoms with Gasteiger partial charge in [-0.25, -0.2) is 4.79 Å². The summed E-state index contributed by atoms with van der Waals surface area (Å²) >= 11 is 1.70. The minimum absolute atomic E-state index is 0.0849. The number of fused-ring (bicyclic) bond motifs is 1. The number of urea groups is 1. The van der Waals surface area contributed by atoms with Gasteiger partial charge in [0.1, 0.15) is 0 Å². The molecule has 2 unspecified atom stereocenters. The zero-order valence-corrected chi connectivity index (χ0v) is 13.2. The van der Waals surface area contributed by atoms with Crippen LogP contribution in [0.4, 0.5) is 4.79 Å². The number of nitrogens with one attached hydrogen (secondary N) is 2. The average Bonchev–Trinajstić information content (AvgIpc) is 3.26. The molecular weight excluding hydrogens is 296 g/mol. The lowest BCUT2D eigenvalue weighted by Crippen LogP contribution is -2.46. The third kappa shape index (κ3) is 2.52. The molecule has 2 aromatic heterocycles. The molecule has 2 N–H and O–H groups in total. The third-order valence-corrected chi connectivity index (χ3v) is 5.49. The number of aromatic amines is 1. The molecule has 0 bridgehead atoms. The molecule has 6 heteroatoms. The summed E-state index contributed by atoms with van der Waals surface area (Å²) in [6, 6.07) is 2.68. The molecule has 1 saturated heterocycles. The smallest absolute Gasteiger partial charge is 0.318 e. The van der Waals surface area contributed by atoms with Gasteiger partial charge in [-0.2, -0.15) is 16.4 Å². The number of thiophene rings is 1. The number of rotatable bonds is 2. The summed E-state index contributed by atoms with van der Waals surface area (Å²) in [6.07, 6.45) is 6.90. The van der Waals surface area contributed by atoms with Crippen LogP contribution < -0.4 is 5.32 Å². The molecule has 1 fully saturated rings. The van der Waals surface area contributed by atoms with Crippen molar-refractivity contribution in [2.24, 2.45) is 0 Å². The highest BCUT2D eigenvalue weighted by Crippen LogP contribution is 2.33. The van der Waals surface area contributed by atoms with Crippen molar-refractivity contribution in [3.05, 3.63) is 39.8 Å². The van der Waals surface area contributed by atoms with Crippen LogP contribution in [-0.2, 0) is 12.8 Å². The Labute approximate surface area is 133 Å². The molecule has 0 saturated carbocycles. The van der Waals surface area contributed by atoms with Crippen LogP contribution in [-0.4, -0.2) is 33.7 Å². The number of carbonyl (C=O) groups excluding carboxylic acids is 1. The summed E-state index contributed by atoms with van der Waals surface area (Å²) in [5, 5.41) is 14.6. The second-order valence-electron chi connectivity index (χ2n) is 6.17. The summed E-state index contributed by atoms with van der Waals surface area (Å²) in [5.74, 6) is 0. The Morgan fingerprint density at radius 3 is 3.27 bits per heavy atom. The fourth-order valence-electron chi connectivity index (χ4n) is 3.61. The summed E-state index contributed by atoms with van der Waals surface area (Å²) in [7, 11) is 0. The van der Waals surface area contributed by atoms with Gasteiger partial charge in [0.15, 0.2) is 0 Å². The molecule has 0 aromatic carbocycles. The standard InChI is InChI=1S/C16H20N4OS/c21-16(18-13-4-3-11-9-17-19-14(11)8-13)20-6-1-2-15(20)12-5-7-22-10-12/h5,7,9-10,13,15H,1-4,6,8H2,(H,17,19)(H,18,21). The average molecular weight is 316 g/mol. The minimum Gasteiger partial charge on any atom is -0.335 e. The largest absolute Gasteiger partial charge is 0.335 e. The Kier molecular flexibility index (Phi) is 3.62. The lowest BCUT2D eigenvalue weighted by molar-refractivity contribution is 0.187. The van der Waals surface area contributed by atoms with Crippen molar-refractivity contribution in [3.8, 4) is 0 Å². The summed E-state index contributed by atoms with van der Waals surface area (Å²) < 4.78 is 0. The van der Waals surface area contributed by atoms with E-state index in [9.17, 15) is 4.79 Å². The highest BCUT2D eigenvalue weighted by atomic mass is 32.1. The summed E-state index contributed by atoms with van der Waals surface area (Å²) in [4.78, 5) is 14.7. The van der Waals surface area contributed by atoms with Gasteiger partial charge >= 0.3 is 6.03 Å². The molecule has 0 radical (unpaired) electrons. The Morgan fingerprint density at radius 1 is 1.45 bits per heavy atom. The van der Waals surface area contributed by atoms with E-state index in [1.807, 2.05) is 11.1 Å². The van der Waals surface area contributed by atoms with E-state index in [1.165, 1.54) is 16.8 Å². The van der Waals surface area contributed by atoms with Crippen molar-refractivity contribution in [1.82, 2.24) is 20.4 Å². The zero-order valence-electron chi connectivity index (χ0n) is 12.4. The van der Waals surface area contributed by atoms with Crippen LogP contribution in [0.1, 0.15) is 42.1 Å². The molecule has 1 aliphatic carbocycles. The zero-order chi connectivity index (χ0) is 14.9. The normalized spacial score (nSPS) is 24.3. The molecule has 2 amide bonds. The molecule has 4 rings (SSSR count). The maximum Gasteiger partial charge on any atom is 0.318 e. The van der Waals surface area contributed by atoms with Crippen molar-refractivity contribution < 1.29 is 4.79 Å². The third-order valence-electron chi connectivity index (χ3n) is 4.79. The van der Waals surface area contributed by atoms with E-state index in [0.29, 0.717) is 0 Å². The van der Waals surface area contributed by atoms with E-state index in [2.05, 4.69) is 32.3 Å². The lowest BCUT2D eigenvalue weighted by atomic mass is 9.94.